The zero-order chi connectivity index (χ0) is 11.3. The zero-order valence-corrected chi connectivity index (χ0v) is 9.53. The van der Waals surface area contributed by atoms with Gasteiger partial charge in [0.05, 0.1) is 5.69 Å². The lowest BCUT2D eigenvalue weighted by Crippen LogP contribution is -2.20. The summed E-state index contributed by atoms with van der Waals surface area (Å²) in [6.07, 6.45) is 5.88. The third kappa shape index (κ3) is 3.27. The molecule has 0 amide bonds. The van der Waals surface area contributed by atoms with Crippen molar-refractivity contribution >= 4 is 11.5 Å². The van der Waals surface area contributed by atoms with Gasteiger partial charge in [0.1, 0.15) is 0 Å². The highest BCUT2D eigenvalue weighted by atomic mass is 15.2. The van der Waals surface area contributed by atoms with E-state index in [0.717, 1.165) is 36.5 Å². The van der Waals surface area contributed by atoms with Gasteiger partial charge in [-0.3, -0.25) is 0 Å². The number of hydrogen-bond acceptors (Lipinski definition) is 3. The van der Waals surface area contributed by atoms with Crippen LogP contribution in [0.25, 0.3) is 0 Å². The molecule has 0 fully saturated rings. The van der Waals surface area contributed by atoms with E-state index < -0.39 is 0 Å². The molecule has 0 atom stereocenters. The Morgan fingerprint density at radius 3 is 2.93 bits per heavy atom. The van der Waals surface area contributed by atoms with E-state index in [-0.39, 0.29) is 0 Å². The van der Waals surface area contributed by atoms with Gasteiger partial charge in [-0.15, -0.1) is 6.58 Å². The first kappa shape index (κ1) is 11.6. The molecule has 0 aliphatic rings. The molecule has 3 heteroatoms. The zero-order valence-electron chi connectivity index (χ0n) is 9.53. The summed E-state index contributed by atoms with van der Waals surface area (Å²) in [7, 11) is 2.01. The molecule has 0 unspecified atom stereocenters. The summed E-state index contributed by atoms with van der Waals surface area (Å²) in [6, 6.07) is 1.95. The Balaban J connectivity index is 2.64. The standard InChI is InChI=1S/C12H19N3/c1-4-5-6-7-15(3)12-11(13)8-10(2)9-14-12/h4,8-9H,1,5-7,13H2,2-3H3. The van der Waals surface area contributed by atoms with Crippen molar-refractivity contribution in [2.45, 2.75) is 19.8 Å². The molecule has 2 N–H and O–H groups in total. The first-order valence-corrected chi connectivity index (χ1v) is 5.19. The van der Waals surface area contributed by atoms with Crippen LogP contribution in [0.4, 0.5) is 11.5 Å². The maximum Gasteiger partial charge on any atom is 0.151 e. The van der Waals surface area contributed by atoms with Crippen LogP contribution in [0.3, 0.4) is 0 Å². The van der Waals surface area contributed by atoms with Crippen molar-refractivity contribution in [2.24, 2.45) is 0 Å². The summed E-state index contributed by atoms with van der Waals surface area (Å²) in [5.41, 5.74) is 7.74. The van der Waals surface area contributed by atoms with Crippen molar-refractivity contribution in [1.82, 2.24) is 4.98 Å². The molecule has 0 aromatic carbocycles. The molecule has 0 saturated heterocycles. The fourth-order valence-electron chi connectivity index (χ4n) is 1.48. The number of nitrogen functional groups attached to an aromatic ring is 1. The van der Waals surface area contributed by atoms with E-state index in [0.29, 0.717) is 0 Å². The quantitative estimate of drug-likeness (QED) is 0.592. The van der Waals surface area contributed by atoms with Gasteiger partial charge in [0.25, 0.3) is 0 Å². The average molecular weight is 205 g/mol. The molecular formula is C12H19N3. The highest BCUT2D eigenvalue weighted by Gasteiger charge is 2.05. The number of aryl methyl sites for hydroxylation is 1. The van der Waals surface area contributed by atoms with Crippen LogP contribution in [0, 0.1) is 6.92 Å². The maximum atomic E-state index is 5.90. The fourth-order valence-corrected chi connectivity index (χ4v) is 1.48. The Morgan fingerprint density at radius 1 is 1.60 bits per heavy atom. The highest BCUT2D eigenvalue weighted by Crippen LogP contribution is 2.19. The van der Waals surface area contributed by atoms with Crippen LogP contribution in [0.1, 0.15) is 18.4 Å². The number of unbranched alkanes of at least 4 members (excludes halogenated alkanes) is 1. The lowest BCUT2D eigenvalue weighted by molar-refractivity contribution is 0.793. The largest absolute Gasteiger partial charge is 0.396 e. The van der Waals surface area contributed by atoms with Gasteiger partial charge in [0.2, 0.25) is 0 Å². The van der Waals surface area contributed by atoms with Gasteiger partial charge in [-0.1, -0.05) is 6.08 Å². The number of rotatable bonds is 5. The second-order valence-electron chi connectivity index (χ2n) is 3.78. The minimum atomic E-state index is 0.746. The van der Waals surface area contributed by atoms with E-state index >= 15 is 0 Å². The van der Waals surface area contributed by atoms with Crippen LogP contribution < -0.4 is 10.6 Å². The van der Waals surface area contributed by atoms with Gasteiger partial charge < -0.3 is 10.6 Å². The predicted octanol–water partition coefficient (Wildman–Crippen LogP) is 2.37. The average Bonchev–Trinajstić information content (AvgIpc) is 2.17. The van der Waals surface area contributed by atoms with Crippen LogP contribution in [-0.4, -0.2) is 18.6 Å². The summed E-state index contributed by atoms with van der Waals surface area (Å²) in [5, 5.41) is 0. The summed E-state index contributed by atoms with van der Waals surface area (Å²) in [6.45, 7) is 6.64. The number of pyridine rings is 1. The van der Waals surface area contributed by atoms with Crippen LogP contribution in [0.15, 0.2) is 24.9 Å². The second kappa shape index (κ2) is 5.39. The van der Waals surface area contributed by atoms with Crippen LogP contribution in [-0.2, 0) is 0 Å². The molecule has 15 heavy (non-hydrogen) atoms. The lowest BCUT2D eigenvalue weighted by Gasteiger charge is -2.19. The Kier molecular flexibility index (Phi) is 4.16. The van der Waals surface area contributed by atoms with Crippen LogP contribution in [0.5, 0.6) is 0 Å². The molecule has 0 aliphatic carbocycles. The highest BCUT2D eigenvalue weighted by molar-refractivity contribution is 5.62. The Bertz CT molecular complexity index is 334. The molecule has 1 aromatic heterocycles. The van der Waals surface area contributed by atoms with Crippen molar-refractivity contribution in [3.63, 3.8) is 0 Å². The van der Waals surface area contributed by atoms with E-state index in [1.807, 2.05) is 32.3 Å². The van der Waals surface area contributed by atoms with Gasteiger partial charge in [-0.2, -0.15) is 0 Å². The van der Waals surface area contributed by atoms with Gasteiger partial charge in [0, 0.05) is 19.8 Å². The van der Waals surface area contributed by atoms with Crippen LogP contribution >= 0.6 is 0 Å². The minimum Gasteiger partial charge on any atom is -0.396 e. The number of anilines is 2. The molecule has 0 aliphatic heterocycles. The molecule has 0 bridgehead atoms. The summed E-state index contributed by atoms with van der Waals surface area (Å²) in [4.78, 5) is 6.41. The number of allylic oxidation sites excluding steroid dienone is 1. The lowest BCUT2D eigenvalue weighted by atomic mass is 10.2. The normalized spacial score (nSPS) is 10.0. The predicted molar refractivity (Wildman–Crippen MR) is 66.1 cm³/mol. The maximum absolute atomic E-state index is 5.90. The molecule has 82 valence electrons. The smallest absolute Gasteiger partial charge is 0.151 e. The molecule has 0 saturated carbocycles. The van der Waals surface area contributed by atoms with Crippen molar-refractivity contribution in [3.05, 3.63) is 30.5 Å². The SMILES string of the molecule is C=CCCCN(C)c1ncc(C)cc1N. The van der Waals surface area contributed by atoms with Gasteiger partial charge in [0.15, 0.2) is 5.82 Å². The molecular weight excluding hydrogens is 186 g/mol. The Labute approximate surface area is 91.6 Å². The van der Waals surface area contributed by atoms with Crippen molar-refractivity contribution < 1.29 is 0 Å². The third-order valence-electron chi connectivity index (χ3n) is 2.30. The van der Waals surface area contributed by atoms with E-state index in [1.54, 1.807) is 0 Å². The molecule has 1 rings (SSSR count). The molecule has 1 aromatic rings. The summed E-state index contributed by atoms with van der Waals surface area (Å²) < 4.78 is 0. The number of nitrogens with two attached hydrogens (primary N) is 1. The van der Waals surface area contributed by atoms with Crippen molar-refractivity contribution in [3.8, 4) is 0 Å². The van der Waals surface area contributed by atoms with Crippen LogP contribution in [0.2, 0.25) is 0 Å². The van der Waals surface area contributed by atoms with E-state index in [1.165, 1.54) is 0 Å². The van der Waals surface area contributed by atoms with E-state index in [9.17, 15) is 0 Å². The Hall–Kier alpha value is -1.51. The minimum absolute atomic E-state index is 0.746. The molecule has 0 spiro atoms. The van der Waals surface area contributed by atoms with Gasteiger partial charge >= 0.3 is 0 Å². The van der Waals surface area contributed by atoms with Crippen molar-refractivity contribution in [2.75, 3.05) is 24.2 Å². The van der Waals surface area contributed by atoms with Gasteiger partial charge in [-0.05, 0) is 31.4 Å². The Morgan fingerprint density at radius 2 is 2.33 bits per heavy atom. The molecule has 3 nitrogen and oxygen atoms in total. The second-order valence-corrected chi connectivity index (χ2v) is 3.78. The van der Waals surface area contributed by atoms with E-state index in [4.69, 9.17) is 5.73 Å². The number of hydrogen-bond donors (Lipinski definition) is 1. The van der Waals surface area contributed by atoms with Gasteiger partial charge in [-0.25, -0.2) is 4.98 Å². The third-order valence-corrected chi connectivity index (χ3v) is 2.30. The van der Waals surface area contributed by atoms with Crippen molar-refractivity contribution in [1.29, 1.82) is 0 Å². The molecule has 1 heterocycles. The molecule has 0 radical (unpaired) electrons. The first-order chi connectivity index (χ1) is 7.15. The fraction of sp³-hybridized carbons (Fsp3) is 0.417. The monoisotopic (exact) mass is 205 g/mol. The van der Waals surface area contributed by atoms with E-state index in [2.05, 4.69) is 16.5 Å². The first-order valence-electron chi connectivity index (χ1n) is 5.19. The summed E-state index contributed by atoms with van der Waals surface area (Å²) in [5.74, 6) is 0.865. The number of nitrogens with zero attached hydrogens (tertiary/aromatic N) is 2. The summed E-state index contributed by atoms with van der Waals surface area (Å²) >= 11 is 0. The topological polar surface area (TPSA) is 42.2 Å². The number of aromatic nitrogens is 1.